The number of nitrogens with zero attached hydrogens (tertiary/aromatic N) is 2. The van der Waals surface area contributed by atoms with E-state index in [2.05, 4.69) is 22.5 Å². The fourth-order valence-electron chi connectivity index (χ4n) is 3.91. The molecule has 0 amide bonds. The SMILES string of the molecule is CCNC(=NCC1(CCOCC)CC1)NCC(c1ccc(F)cc1)N1CCOCC1.I. The second kappa shape index (κ2) is 13.5. The van der Waals surface area contributed by atoms with Crippen molar-refractivity contribution in [1.29, 1.82) is 0 Å². The molecular weight excluding hydrogens is 510 g/mol. The smallest absolute Gasteiger partial charge is 0.191 e. The molecule has 1 saturated heterocycles. The number of benzene rings is 1. The van der Waals surface area contributed by atoms with Crippen LogP contribution in [-0.2, 0) is 9.47 Å². The Morgan fingerprint density at radius 1 is 1.19 bits per heavy atom. The third-order valence-electron chi connectivity index (χ3n) is 6.06. The molecule has 2 N–H and O–H groups in total. The van der Waals surface area contributed by atoms with Gasteiger partial charge >= 0.3 is 0 Å². The van der Waals surface area contributed by atoms with E-state index in [0.29, 0.717) is 12.0 Å². The molecule has 1 aromatic carbocycles. The van der Waals surface area contributed by atoms with Crippen LogP contribution in [0.3, 0.4) is 0 Å². The van der Waals surface area contributed by atoms with Crippen molar-refractivity contribution < 1.29 is 13.9 Å². The zero-order valence-electron chi connectivity index (χ0n) is 18.9. The van der Waals surface area contributed by atoms with Crippen molar-refractivity contribution in [3.8, 4) is 0 Å². The average molecular weight is 548 g/mol. The molecule has 0 radical (unpaired) electrons. The molecule has 3 rings (SSSR count). The molecule has 1 unspecified atom stereocenters. The predicted octanol–water partition coefficient (Wildman–Crippen LogP) is 3.58. The number of halogens is 2. The van der Waals surface area contributed by atoms with Crippen molar-refractivity contribution in [3.05, 3.63) is 35.6 Å². The molecule has 1 saturated carbocycles. The minimum absolute atomic E-state index is 0. The van der Waals surface area contributed by atoms with Gasteiger partial charge in [0.05, 0.1) is 19.3 Å². The first-order valence-corrected chi connectivity index (χ1v) is 11.3. The number of aliphatic imine (C=N–C) groups is 1. The standard InChI is InChI=1S/C23H37FN4O2.HI/c1-3-25-22(27-18-23(9-10-23)11-14-29-4-2)26-17-21(28-12-15-30-16-13-28)19-5-7-20(24)8-6-19;/h5-8,21H,3-4,9-18H2,1-2H3,(H2,25,26,27);1H. The van der Waals surface area contributed by atoms with Crippen molar-refractivity contribution >= 4 is 29.9 Å². The Morgan fingerprint density at radius 2 is 1.90 bits per heavy atom. The number of hydrogen-bond donors (Lipinski definition) is 2. The lowest BCUT2D eigenvalue weighted by Gasteiger charge is -2.35. The fourth-order valence-corrected chi connectivity index (χ4v) is 3.91. The minimum Gasteiger partial charge on any atom is -0.382 e. The lowest BCUT2D eigenvalue weighted by molar-refractivity contribution is 0.0170. The Bertz CT molecular complexity index is 664. The molecule has 2 fully saturated rings. The zero-order chi connectivity index (χ0) is 21.2. The summed E-state index contributed by atoms with van der Waals surface area (Å²) in [4.78, 5) is 7.29. The molecule has 1 aliphatic carbocycles. The van der Waals surface area contributed by atoms with E-state index in [4.69, 9.17) is 14.5 Å². The van der Waals surface area contributed by atoms with E-state index in [-0.39, 0.29) is 35.8 Å². The molecule has 0 aromatic heterocycles. The normalized spacial score (nSPS) is 19.4. The second-order valence-corrected chi connectivity index (χ2v) is 8.24. The maximum Gasteiger partial charge on any atom is 0.191 e. The molecule has 2 aliphatic rings. The highest BCUT2D eigenvalue weighted by molar-refractivity contribution is 14.0. The van der Waals surface area contributed by atoms with Gasteiger partial charge in [0.15, 0.2) is 5.96 Å². The summed E-state index contributed by atoms with van der Waals surface area (Å²) in [7, 11) is 0. The van der Waals surface area contributed by atoms with Gasteiger partial charge in [0.25, 0.3) is 0 Å². The van der Waals surface area contributed by atoms with Crippen molar-refractivity contribution in [1.82, 2.24) is 15.5 Å². The van der Waals surface area contributed by atoms with Gasteiger partial charge in [0.1, 0.15) is 5.82 Å². The minimum atomic E-state index is -0.205. The van der Waals surface area contributed by atoms with Gasteiger partial charge in [-0.3, -0.25) is 9.89 Å². The van der Waals surface area contributed by atoms with E-state index < -0.39 is 0 Å². The van der Waals surface area contributed by atoms with E-state index in [1.54, 1.807) is 0 Å². The van der Waals surface area contributed by atoms with E-state index in [1.165, 1.54) is 25.0 Å². The molecule has 31 heavy (non-hydrogen) atoms. The number of morpholine rings is 1. The predicted molar refractivity (Wildman–Crippen MR) is 134 cm³/mol. The summed E-state index contributed by atoms with van der Waals surface area (Å²) < 4.78 is 24.5. The Kier molecular flexibility index (Phi) is 11.5. The van der Waals surface area contributed by atoms with E-state index in [9.17, 15) is 4.39 Å². The lowest BCUT2D eigenvalue weighted by atomic mass is 10.0. The highest BCUT2D eigenvalue weighted by Gasteiger charge is 2.41. The van der Waals surface area contributed by atoms with E-state index >= 15 is 0 Å². The maximum atomic E-state index is 13.4. The summed E-state index contributed by atoms with van der Waals surface area (Å²) in [5, 5.41) is 6.90. The molecule has 1 heterocycles. The first kappa shape index (κ1) is 26.3. The summed E-state index contributed by atoms with van der Waals surface area (Å²) in [6.07, 6.45) is 3.54. The van der Waals surface area contributed by atoms with Crippen LogP contribution in [0.25, 0.3) is 0 Å². The molecule has 8 heteroatoms. The number of ether oxygens (including phenoxy) is 2. The molecule has 6 nitrogen and oxygen atoms in total. The van der Waals surface area contributed by atoms with Crippen molar-refractivity contribution in [2.45, 2.75) is 39.2 Å². The first-order valence-electron chi connectivity index (χ1n) is 11.3. The zero-order valence-corrected chi connectivity index (χ0v) is 21.2. The molecule has 1 atom stereocenters. The number of hydrogen-bond acceptors (Lipinski definition) is 4. The lowest BCUT2D eigenvalue weighted by Crippen LogP contribution is -2.46. The molecule has 1 aromatic rings. The summed E-state index contributed by atoms with van der Waals surface area (Å²) >= 11 is 0. The monoisotopic (exact) mass is 548 g/mol. The topological polar surface area (TPSA) is 58.1 Å². The van der Waals surface area contributed by atoms with Gasteiger partial charge < -0.3 is 20.1 Å². The van der Waals surface area contributed by atoms with Crippen LogP contribution < -0.4 is 10.6 Å². The van der Waals surface area contributed by atoms with Crippen LogP contribution >= 0.6 is 24.0 Å². The van der Waals surface area contributed by atoms with Crippen molar-refractivity contribution in [3.63, 3.8) is 0 Å². The maximum absolute atomic E-state index is 13.4. The first-order chi connectivity index (χ1) is 14.7. The van der Waals surface area contributed by atoms with Gasteiger partial charge in [0, 0.05) is 45.9 Å². The van der Waals surface area contributed by atoms with Crippen LogP contribution in [0.15, 0.2) is 29.3 Å². The van der Waals surface area contributed by atoms with Crippen LogP contribution in [-0.4, -0.2) is 70.0 Å². The third-order valence-corrected chi connectivity index (χ3v) is 6.06. The molecular formula is C23H38FIN4O2. The summed E-state index contributed by atoms with van der Waals surface area (Å²) in [6.45, 7) is 11.3. The number of rotatable bonds is 11. The quantitative estimate of drug-likeness (QED) is 0.192. The Balaban J connectivity index is 0.00000341. The largest absolute Gasteiger partial charge is 0.382 e. The Hall–Kier alpha value is -0.970. The Labute approximate surface area is 203 Å². The molecule has 176 valence electrons. The van der Waals surface area contributed by atoms with Gasteiger partial charge in [-0.25, -0.2) is 4.39 Å². The van der Waals surface area contributed by atoms with Crippen LogP contribution in [0.4, 0.5) is 4.39 Å². The third kappa shape index (κ3) is 8.47. The highest BCUT2D eigenvalue weighted by Crippen LogP contribution is 2.49. The van der Waals surface area contributed by atoms with Crippen LogP contribution in [0, 0.1) is 11.2 Å². The summed E-state index contributed by atoms with van der Waals surface area (Å²) in [6, 6.07) is 6.99. The van der Waals surface area contributed by atoms with E-state index in [1.807, 2.05) is 19.1 Å². The van der Waals surface area contributed by atoms with Gasteiger partial charge in [-0.05, 0) is 56.2 Å². The molecule has 0 bridgehead atoms. The van der Waals surface area contributed by atoms with Gasteiger partial charge in [-0.15, -0.1) is 24.0 Å². The molecule has 1 aliphatic heterocycles. The average Bonchev–Trinajstić information content (AvgIpc) is 3.54. The Morgan fingerprint density at radius 3 is 2.52 bits per heavy atom. The second-order valence-electron chi connectivity index (χ2n) is 8.24. The highest BCUT2D eigenvalue weighted by atomic mass is 127. The van der Waals surface area contributed by atoms with Crippen molar-refractivity contribution in [2.75, 3.05) is 59.2 Å². The van der Waals surface area contributed by atoms with Gasteiger partial charge in [-0.1, -0.05) is 12.1 Å². The van der Waals surface area contributed by atoms with Crippen LogP contribution in [0.2, 0.25) is 0 Å². The van der Waals surface area contributed by atoms with Crippen LogP contribution in [0.5, 0.6) is 0 Å². The summed E-state index contributed by atoms with van der Waals surface area (Å²) in [5.41, 5.74) is 1.43. The number of nitrogens with one attached hydrogen (secondary N) is 2. The van der Waals surface area contributed by atoms with Gasteiger partial charge in [-0.2, -0.15) is 0 Å². The van der Waals surface area contributed by atoms with Crippen molar-refractivity contribution in [2.24, 2.45) is 10.4 Å². The summed E-state index contributed by atoms with van der Waals surface area (Å²) in [5.74, 6) is 0.643. The van der Waals surface area contributed by atoms with Crippen LogP contribution in [0.1, 0.15) is 44.7 Å². The molecule has 0 spiro atoms. The fraction of sp³-hybridized carbons (Fsp3) is 0.696. The number of guanidine groups is 1. The van der Waals surface area contributed by atoms with Gasteiger partial charge in [0.2, 0.25) is 0 Å². The van der Waals surface area contributed by atoms with E-state index in [0.717, 1.165) is 70.6 Å².